The lowest BCUT2D eigenvalue weighted by molar-refractivity contribution is 0.241. The van der Waals surface area contributed by atoms with Crippen molar-refractivity contribution in [2.24, 2.45) is 0 Å². The van der Waals surface area contributed by atoms with Crippen molar-refractivity contribution in [3.63, 3.8) is 0 Å². The van der Waals surface area contributed by atoms with E-state index in [0.29, 0.717) is 6.04 Å². The predicted molar refractivity (Wildman–Crippen MR) is 83.2 cm³/mol. The zero-order chi connectivity index (χ0) is 14.0. The molecule has 3 nitrogen and oxygen atoms in total. The summed E-state index contributed by atoms with van der Waals surface area (Å²) in [5.74, 6) is 0. The molecule has 3 heteroatoms. The number of nitrogens with zero attached hydrogens (tertiary/aromatic N) is 2. The number of anilines is 1. The van der Waals surface area contributed by atoms with Crippen LogP contribution in [0, 0.1) is 20.8 Å². The molecule has 0 spiro atoms. The quantitative estimate of drug-likeness (QED) is 0.897. The number of piperazine rings is 1. The highest BCUT2D eigenvalue weighted by Crippen LogP contribution is 2.23. The topological polar surface area (TPSA) is 18.5 Å². The number of aryl methyl sites for hydroxylation is 3. The Labute approximate surface area is 117 Å². The first-order chi connectivity index (χ1) is 8.97. The monoisotopic (exact) mass is 261 g/mol. The fourth-order valence-electron chi connectivity index (χ4n) is 2.90. The van der Waals surface area contributed by atoms with Gasteiger partial charge in [0, 0.05) is 45.0 Å². The molecule has 106 valence electrons. The van der Waals surface area contributed by atoms with Crippen molar-refractivity contribution in [2.45, 2.75) is 26.8 Å². The van der Waals surface area contributed by atoms with E-state index in [1.807, 2.05) is 0 Å². The third-order valence-corrected chi connectivity index (χ3v) is 4.18. The number of rotatable bonds is 3. The van der Waals surface area contributed by atoms with Crippen molar-refractivity contribution in [3.05, 3.63) is 28.8 Å². The van der Waals surface area contributed by atoms with Gasteiger partial charge in [-0.3, -0.25) is 0 Å². The molecule has 0 radical (unpaired) electrons. The van der Waals surface area contributed by atoms with Gasteiger partial charge in [0.2, 0.25) is 0 Å². The molecule has 0 amide bonds. The molecule has 1 saturated heterocycles. The van der Waals surface area contributed by atoms with Gasteiger partial charge in [-0.25, -0.2) is 0 Å². The Bertz CT molecular complexity index is 442. The lowest BCUT2D eigenvalue weighted by Gasteiger charge is -2.34. The second kappa shape index (κ2) is 5.93. The molecular weight excluding hydrogens is 234 g/mol. The number of hydrogen-bond acceptors (Lipinski definition) is 3. The summed E-state index contributed by atoms with van der Waals surface area (Å²) in [4.78, 5) is 4.79. The van der Waals surface area contributed by atoms with Gasteiger partial charge in [0.1, 0.15) is 0 Å². The van der Waals surface area contributed by atoms with Crippen molar-refractivity contribution in [1.29, 1.82) is 0 Å². The maximum atomic E-state index is 3.61. The second-order valence-corrected chi connectivity index (χ2v) is 6.02. The van der Waals surface area contributed by atoms with Gasteiger partial charge in [0.05, 0.1) is 0 Å². The molecule has 1 fully saturated rings. The lowest BCUT2D eigenvalue weighted by atomic mass is 10.0. The van der Waals surface area contributed by atoms with E-state index in [2.05, 4.69) is 62.1 Å². The van der Waals surface area contributed by atoms with E-state index in [4.69, 9.17) is 0 Å². The average Bonchev–Trinajstić information content (AvgIpc) is 2.33. The van der Waals surface area contributed by atoms with E-state index >= 15 is 0 Å². The predicted octanol–water partition coefficient (Wildman–Crippen LogP) is 1.95. The molecule has 1 aromatic rings. The van der Waals surface area contributed by atoms with E-state index in [0.717, 1.165) is 26.2 Å². The Hall–Kier alpha value is -1.06. The van der Waals surface area contributed by atoms with Crippen molar-refractivity contribution < 1.29 is 0 Å². The third-order valence-electron chi connectivity index (χ3n) is 4.18. The summed E-state index contributed by atoms with van der Waals surface area (Å²) in [5, 5.41) is 3.61. The number of hydrogen-bond donors (Lipinski definition) is 1. The van der Waals surface area contributed by atoms with E-state index in [1.165, 1.54) is 22.4 Å². The highest BCUT2D eigenvalue weighted by molar-refractivity contribution is 5.56. The molecule has 1 aromatic carbocycles. The summed E-state index contributed by atoms with van der Waals surface area (Å²) in [7, 11) is 4.41. The van der Waals surface area contributed by atoms with Crippen LogP contribution in [0.5, 0.6) is 0 Å². The molecule has 0 aliphatic carbocycles. The summed E-state index contributed by atoms with van der Waals surface area (Å²) in [6.07, 6.45) is 0. The Morgan fingerprint density at radius 2 is 1.89 bits per heavy atom. The van der Waals surface area contributed by atoms with Crippen molar-refractivity contribution >= 4 is 5.69 Å². The summed E-state index contributed by atoms with van der Waals surface area (Å²) >= 11 is 0. The standard InChI is InChI=1S/C16H27N3/c1-12-8-14(3)16(9-13(12)2)19(5)11-15-10-18(4)7-6-17-15/h8-9,15,17H,6-7,10-11H2,1-5H3. The van der Waals surface area contributed by atoms with E-state index < -0.39 is 0 Å². The smallest absolute Gasteiger partial charge is 0.0396 e. The van der Waals surface area contributed by atoms with E-state index in [1.54, 1.807) is 0 Å². The molecule has 1 heterocycles. The first-order valence-corrected chi connectivity index (χ1v) is 7.18. The van der Waals surface area contributed by atoms with Crippen LogP contribution in [0.1, 0.15) is 16.7 Å². The summed E-state index contributed by atoms with van der Waals surface area (Å²) in [5.41, 5.74) is 5.49. The van der Waals surface area contributed by atoms with Crippen LogP contribution in [0.4, 0.5) is 5.69 Å². The van der Waals surface area contributed by atoms with E-state index in [-0.39, 0.29) is 0 Å². The van der Waals surface area contributed by atoms with Gasteiger partial charge in [-0.2, -0.15) is 0 Å². The van der Waals surface area contributed by atoms with Gasteiger partial charge in [0.15, 0.2) is 0 Å². The van der Waals surface area contributed by atoms with Gasteiger partial charge in [-0.15, -0.1) is 0 Å². The minimum absolute atomic E-state index is 0.560. The van der Waals surface area contributed by atoms with Gasteiger partial charge in [0.25, 0.3) is 0 Å². The summed E-state index contributed by atoms with van der Waals surface area (Å²) in [6, 6.07) is 5.17. The Morgan fingerprint density at radius 1 is 1.21 bits per heavy atom. The van der Waals surface area contributed by atoms with Crippen molar-refractivity contribution in [1.82, 2.24) is 10.2 Å². The van der Waals surface area contributed by atoms with Crippen LogP contribution in [0.15, 0.2) is 12.1 Å². The van der Waals surface area contributed by atoms with E-state index in [9.17, 15) is 0 Å². The highest BCUT2D eigenvalue weighted by atomic mass is 15.2. The Morgan fingerprint density at radius 3 is 2.58 bits per heavy atom. The largest absolute Gasteiger partial charge is 0.373 e. The molecule has 1 aliphatic heterocycles. The molecule has 0 aromatic heterocycles. The van der Waals surface area contributed by atoms with Crippen LogP contribution in [0.25, 0.3) is 0 Å². The molecule has 1 unspecified atom stereocenters. The fourth-order valence-corrected chi connectivity index (χ4v) is 2.90. The van der Waals surface area contributed by atoms with Gasteiger partial charge < -0.3 is 15.1 Å². The summed E-state index contributed by atoms with van der Waals surface area (Å²) < 4.78 is 0. The molecule has 19 heavy (non-hydrogen) atoms. The van der Waals surface area contributed by atoms with Crippen LogP contribution in [0.3, 0.4) is 0 Å². The van der Waals surface area contributed by atoms with Crippen molar-refractivity contribution in [2.75, 3.05) is 45.2 Å². The zero-order valence-corrected chi connectivity index (χ0v) is 13.0. The molecule has 0 saturated carbocycles. The molecule has 0 bridgehead atoms. The van der Waals surface area contributed by atoms with Crippen LogP contribution < -0.4 is 10.2 Å². The molecule has 2 rings (SSSR count). The zero-order valence-electron chi connectivity index (χ0n) is 13.0. The number of benzene rings is 1. The number of likely N-dealkylation sites (N-methyl/N-ethyl adjacent to an activating group) is 2. The van der Waals surface area contributed by atoms with Crippen molar-refractivity contribution in [3.8, 4) is 0 Å². The second-order valence-electron chi connectivity index (χ2n) is 6.02. The summed E-state index contributed by atoms with van der Waals surface area (Å²) in [6.45, 7) is 11.0. The van der Waals surface area contributed by atoms with Crippen LogP contribution in [-0.2, 0) is 0 Å². The Kier molecular flexibility index (Phi) is 4.48. The van der Waals surface area contributed by atoms with Gasteiger partial charge in [-0.05, 0) is 50.6 Å². The lowest BCUT2D eigenvalue weighted by Crippen LogP contribution is -2.53. The molecule has 1 N–H and O–H groups in total. The first kappa shape index (κ1) is 14.4. The minimum Gasteiger partial charge on any atom is -0.373 e. The first-order valence-electron chi connectivity index (χ1n) is 7.18. The molecule has 1 atom stereocenters. The minimum atomic E-state index is 0.560. The SMILES string of the molecule is Cc1cc(C)c(N(C)CC2CN(C)CCN2)cc1C. The third kappa shape index (κ3) is 3.48. The van der Waals surface area contributed by atoms with Gasteiger partial charge >= 0.3 is 0 Å². The highest BCUT2D eigenvalue weighted by Gasteiger charge is 2.18. The number of nitrogens with one attached hydrogen (secondary N) is 1. The molecule has 1 aliphatic rings. The average molecular weight is 261 g/mol. The van der Waals surface area contributed by atoms with Crippen LogP contribution in [-0.4, -0.2) is 51.2 Å². The molecular formula is C16H27N3. The normalized spacial score (nSPS) is 20.6. The van der Waals surface area contributed by atoms with Crippen LogP contribution in [0.2, 0.25) is 0 Å². The maximum Gasteiger partial charge on any atom is 0.0396 e. The van der Waals surface area contributed by atoms with Gasteiger partial charge in [-0.1, -0.05) is 6.07 Å². The van der Waals surface area contributed by atoms with Crippen LogP contribution >= 0.6 is 0 Å². The fraction of sp³-hybridized carbons (Fsp3) is 0.625. The maximum absolute atomic E-state index is 3.61. The Balaban J connectivity index is 2.07.